The monoisotopic (exact) mass is 297 g/mol. The molecule has 0 aromatic heterocycles. The second-order valence-corrected chi connectivity index (χ2v) is 4.85. The smallest absolute Gasteiger partial charge is 0.313 e. The second kappa shape index (κ2) is 7.10. The predicted octanol–water partition coefficient (Wildman–Crippen LogP) is 4.34. The van der Waals surface area contributed by atoms with Gasteiger partial charge in [0.25, 0.3) is 0 Å². The molecule has 1 aromatic rings. The summed E-state index contributed by atoms with van der Waals surface area (Å²) in [4.78, 5) is 0. The molecule has 0 amide bonds. The first kappa shape index (κ1) is 16.2. The first-order valence-electron chi connectivity index (χ1n) is 6.06. The van der Waals surface area contributed by atoms with E-state index < -0.39 is 24.5 Å². The lowest BCUT2D eigenvalue weighted by Gasteiger charge is -2.20. The van der Waals surface area contributed by atoms with Crippen molar-refractivity contribution in [2.45, 2.75) is 38.4 Å². The summed E-state index contributed by atoms with van der Waals surface area (Å²) in [6, 6.07) is 3.07. The van der Waals surface area contributed by atoms with Crippen LogP contribution in [0.15, 0.2) is 18.2 Å². The van der Waals surface area contributed by atoms with Crippen molar-refractivity contribution in [3.05, 3.63) is 34.6 Å². The fourth-order valence-electron chi connectivity index (χ4n) is 1.81. The van der Waals surface area contributed by atoms with Crippen molar-refractivity contribution >= 4 is 11.6 Å². The van der Waals surface area contributed by atoms with Crippen LogP contribution in [0.4, 0.5) is 17.6 Å². The molecule has 108 valence electrons. The average Bonchev–Trinajstić information content (AvgIpc) is 2.29. The maximum absolute atomic E-state index is 13.5. The van der Waals surface area contributed by atoms with Crippen LogP contribution in [0.1, 0.15) is 25.3 Å². The summed E-state index contributed by atoms with van der Waals surface area (Å²) in [5, 5.41) is 3.11. The topological polar surface area (TPSA) is 12.0 Å². The van der Waals surface area contributed by atoms with Crippen LogP contribution in [0.3, 0.4) is 0 Å². The van der Waals surface area contributed by atoms with Gasteiger partial charge < -0.3 is 5.32 Å². The van der Waals surface area contributed by atoms with Gasteiger partial charge >= 0.3 is 6.18 Å². The number of benzene rings is 1. The van der Waals surface area contributed by atoms with Gasteiger partial charge in [-0.2, -0.15) is 13.2 Å². The van der Waals surface area contributed by atoms with Crippen LogP contribution in [0.2, 0.25) is 5.02 Å². The minimum Gasteiger partial charge on any atom is -0.313 e. The van der Waals surface area contributed by atoms with Gasteiger partial charge in [-0.3, -0.25) is 0 Å². The van der Waals surface area contributed by atoms with E-state index in [9.17, 15) is 17.6 Å². The van der Waals surface area contributed by atoms with Gasteiger partial charge in [-0.25, -0.2) is 4.39 Å². The van der Waals surface area contributed by atoms with E-state index in [2.05, 4.69) is 5.32 Å². The fraction of sp³-hybridized carbons (Fsp3) is 0.538. The zero-order valence-corrected chi connectivity index (χ0v) is 11.3. The largest absolute Gasteiger partial charge is 0.390 e. The Balaban J connectivity index is 2.78. The maximum atomic E-state index is 13.5. The van der Waals surface area contributed by atoms with Crippen LogP contribution < -0.4 is 5.32 Å². The van der Waals surface area contributed by atoms with Crippen molar-refractivity contribution in [2.75, 3.05) is 6.54 Å². The Hall–Kier alpha value is -0.810. The van der Waals surface area contributed by atoms with E-state index in [1.54, 1.807) is 0 Å². The molecule has 1 aromatic carbocycles. The zero-order chi connectivity index (χ0) is 14.5. The summed E-state index contributed by atoms with van der Waals surface area (Å²) in [5.74, 6) is -0.533. The van der Waals surface area contributed by atoms with Crippen LogP contribution in [0.5, 0.6) is 0 Å². The van der Waals surface area contributed by atoms with Crippen LogP contribution >= 0.6 is 11.6 Å². The maximum Gasteiger partial charge on any atom is 0.390 e. The van der Waals surface area contributed by atoms with Gasteiger partial charge in [0.15, 0.2) is 0 Å². The summed E-state index contributed by atoms with van der Waals surface area (Å²) in [6.07, 6.45) is -4.59. The number of halogens is 5. The lowest BCUT2D eigenvalue weighted by atomic mass is 10.0. The zero-order valence-electron chi connectivity index (χ0n) is 10.5. The molecule has 0 saturated carbocycles. The summed E-state index contributed by atoms with van der Waals surface area (Å²) in [6.45, 7) is 2.32. The molecule has 0 heterocycles. The van der Waals surface area contributed by atoms with Crippen LogP contribution in [-0.4, -0.2) is 18.8 Å². The van der Waals surface area contributed by atoms with Gasteiger partial charge in [0.1, 0.15) is 5.82 Å². The van der Waals surface area contributed by atoms with E-state index in [0.29, 0.717) is 18.0 Å². The molecule has 0 spiro atoms. The lowest BCUT2D eigenvalue weighted by Crippen LogP contribution is -2.36. The molecule has 1 atom stereocenters. The molecule has 1 nitrogen and oxygen atoms in total. The Morgan fingerprint density at radius 1 is 1.32 bits per heavy atom. The summed E-state index contributed by atoms with van der Waals surface area (Å²) >= 11 is 5.73. The molecule has 0 aliphatic rings. The standard InChI is InChI=1S/C13H16ClF4N/c1-2-5-19-11(8-13(16,17)18)7-9-6-10(14)3-4-12(9)15/h3-4,6,11,19H,2,5,7-8H2,1H3. The third-order valence-electron chi connectivity index (χ3n) is 2.63. The highest BCUT2D eigenvalue weighted by Gasteiger charge is 2.32. The molecule has 0 saturated heterocycles. The predicted molar refractivity (Wildman–Crippen MR) is 67.9 cm³/mol. The van der Waals surface area contributed by atoms with E-state index >= 15 is 0 Å². The van der Waals surface area contributed by atoms with E-state index in [0.717, 1.165) is 0 Å². The van der Waals surface area contributed by atoms with Crippen LogP contribution in [-0.2, 0) is 6.42 Å². The first-order chi connectivity index (χ1) is 8.81. The molecule has 1 N–H and O–H groups in total. The number of hydrogen-bond donors (Lipinski definition) is 1. The summed E-state index contributed by atoms with van der Waals surface area (Å²) in [7, 11) is 0. The number of alkyl halides is 3. The minimum absolute atomic E-state index is 0.0358. The molecular weight excluding hydrogens is 282 g/mol. The van der Waals surface area contributed by atoms with E-state index in [1.807, 2.05) is 6.92 Å². The average molecular weight is 298 g/mol. The van der Waals surface area contributed by atoms with Gasteiger partial charge in [-0.05, 0) is 43.1 Å². The molecule has 6 heteroatoms. The normalized spacial score (nSPS) is 13.6. The van der Waals surface area contributed by atoms with Crippen LogP contribution in [0.25, 0.3) is 0 Å². The van der Waals surface area contributed by atoms with Crippen molar-refractivity contribution in [3.8, 4) is 0 Å². The Morgan fingerprint density at radius 2 is 2.00 bits per heavy atom. The molecule has 19 heavy (non-hydrogen) atoms. The summed E-state index contributed by atoms with van der Waals surface area (Å²) in [5.41, 5.74) is 0.199. The highest BCUT2D eigenvalue weighted by molar-refractivity contribution is 6.30. The molecule has 0 fully saturated rings. The highest BCUT2D eigenvalue weighted by Crippen LogP contribution is 2.24. The quantitative estimate of drug-likeness (QED) is 0.770. The van der Waals surface area contributed by atoms with Gasteiger partial charge in [0, 0.05) is 11.1 Å². The van der Waals surface area contributed by atoms with Gasteiger partial charge in [-0.15, -0.1) is 0 Å². The van der Waals surface area contributed by atoms with Gasteiger partial charge in [0.2, 0.25) is 0 Å². The van der Waals surface area contributed by atoms with Gasteiger partial charge in [-0.1, -0.05) is 18.5 Å². The van der Waals surface area contributed by atoms with E-state index in [4.69, 9.17) is 11.6 Å². The van der Waals surface area contributed by atoms with Crippen molar-refractivity contribution in [1.29, 1.82) is 0 Å². The van der Waals surface area contributed by atoms with E-state index in [1.165, 1.54) is 18.2 Å². The van der Waals surface area contributed by atoms with Crippen molar-refractivity contribution in [2.24, 2.45) is 0 Å². The van der Waals surface area contributed by atoms with Crippen molar-refractivity contribution in [1.82, 2.24) is 5.32 Å². The molecule has 0 radical (unpaired) electrons. The Bertz CT molecular complexity index is 406. The first-order valence-corrected chi connectivity index (χ1v) is 6.43. The molecule has 0 aliphatic heterocycles. The number of hydrogen-bond acceptors (Lipinski definition) is 1. The van der Waals surface area contributed by atoms with Crippen LogP contribution in [0, 0.1) is 5.82 Å². The minimum atomic E-state index is -4.28. The molecule has 1 unspecified atom stereocenters. The Morgan fingerprint density at radius 3 is 2.58 bits per heavy atom. The third kappa shape index (κ3) is 6.25. The molecule has 1 rings (SSSR count). The molecule has 0 aliphatic carbocycles. The summed E-state index contributed by atoms with van der Waals surface area (Å²) < 4.78 is 50.9. The SMILES string of the molecule is CCCNC(Cc1cc(Cl)ccc1F)CC(F)(F)F. The van der Waals surface area contributed by atoms with Crippen molar-refractivity contribution < 1.29 is 17.6 Å². The molecular formula is C13H16ClF4N. The molecule has 0 bridgehead atoms. The Labute approximate surface area is 115 Å². The third-order valence-corrected chi connectivity index (χ3v) is 2.87. The highest BCUT2D eigenvalue weighted by atomic mass is 35.5. The van der Waals surface area contributed by atoms with Gasteiger partial charge in [0.05, 0.1) is 6.42 Å². The number of rotatable bonds is 6. The van der Waals surface area contributed by atoms with Crippen molar-refractivity contribution in [3.63, 3.8) is 0 Å². The fourth-order valence-corrected chi connectivity index (χ4v) is 2.00. The lowest BCUT2D eigenvalue weighted by molar-refractivity contribution is -0.139. The number of nitrogens with one attached hydrogen (secondary N) is 1. The second-order valence-electron chi connectivity index (χ2n) is 4.41. The van der Waals surface area contributed by atoms with E-state index in [-0.39, 0.29) is 12.0 Å². The Kier molecular flexibility index (Phi) is 6.07.